The Kier molecular flexibility index (Phi) is 7.94. The summed E-state index contributed by atoms with van der Waals surface area (Å²) in [5.41, 5.74) is 4.47. The van der Waals surface area contributed by atoms with Gasteiger partial charge in [-0.15, -0.1) is 0 Å². The van der Waals surface area contributed by atoms with Gasteiger partial charge in [-0.3, -0.25) is 4.79 Å². The fourth-order valence-corrected chi connectivity index (χ4v) is 6.58. The van der Waals surface area contributed by atoms with Gasteiger partial charge in [0.25, 0.3) is 0 Å². The molecule has 0 bridgehead atoms. The SMILES string of the molecule is CCCc1ccc(C2CCC(C(=O)O)(c3ccc(C4CCC(CCC)CC4)cc3)CC2)cc1. The summed E-state index contributed by atoms with van der Waals surface area (Å²) in [6, 6.07) is 17.8. The summed E-state index contributed by atoms with van der Waals surface area (Å²) in [6.45, 7) is 4.50. The van der Waals surface area contributed by atoms with E-state index in [9.17, 15) is 9.90 Å². The molecule has 1 N–H and O–H groups in total. The molecule has 0 aromatic heterocycles. The van der Waals surface area contributed by atoms with Crippen LogP contribution in [0.1, 0.15) is 119 Å². The zero-order valence-electron chi connectivity index (χ0n) is 20.7. The summed E-state index contributed by atoms with van der Waals surface area (Å²) in [7, 11) is 0. The zero-order chi connectivity index (χ0) is 23.3. The van der Waals surface area contributed by atoms with E-state index >= 15 is 0 Å². The first-order chi connectivity index (χ1) is 16.1. The summed E-state index contributed by atoms with van der Waals surface area (Å²) in [4.78, 5) is 12.5. The highest BCUT2D eigenvalue weighted by Gasteiger charge is 2.43. The molecule has 0 heterocycles. The molecule has 0 atom stereocenters. The van der Waals surface area contributed by atoms with Gasteiger partial charge < -0.3 is 5.11 Å². The van der Waals surface area contributed by atoms with Crippen LogP contribution in [0.5, 0.6) is 0 Å². The second-order valence-corrected chi connectivity index (χ2v) is 10.8. The Balaban J connectivity index is 1.42. The molecule has 0 unspecified atom stereocenters. The van der Waals surface area contributed by atoms with Crippen molar-refractivity contribution in [3.05, 3.63) is 70.8 Å². The van der Waals surface area contributed by atoms with E-state index < -0.39 is 11.4 Å². The number of hydrogen-bond acceptors (Lipinski definition) is 1. The van der Waals surface area contributed by atoms with Crippen molar-refractivity contribution in [2.45, 2.75) is 108 Å². The second kappa shape index (κ2) is 10.9. The highest BCUT2D eigenvalue weighted by atomic mass is 16.4. The topological polar surface area (TPSA) is 37.3 Å². The van der Waals surface area contributed by atoms with Gasteiger partial charge >= 0.3 is 5.97 Å². The number of carbonyl (C=O) groups is 1. The molecule has 2 aliphatic rings. The third-order valence-electron chi connectivity index (χ3n) is 8.72. The quantitative estimate of drug-likeness (QED) is 0.442. The predicted octanol–water partition coefficient (Wildman–Crippen LogP) is 8.39. The van der Waals surface area contributed by atoms with Crippen LogP contribution in [0.25, 0.3) is 0 Å². The van der Waals surface area contributed by atoms with E-state index in [0.29, 0.717) is 11.8 Å². The first kappa shape index (κ1) is 24.0. The number of aliphatic carboxylic acids is 1. The number of carboxylic acid groups (broad SMARTS) is 1. The summed E-state index contributed by atoms with van der Waals surface area (Å²) < 4.78 is 0. The van der Waals surface area contributed by atoms with E-state index in [-0.39, 0.29) is 0 Å². The van der Waals surface area contributed by atoms with Gasteiger partial charge in [0.05, 0.1) is 5.41 Å². The van der Waals surface area contributed by atoms with Crippen LogP contribution in [0.3, 0.4) is 0 Å². The van der Waals surface area contributed by atoms with Crippen LogP contribution >= 0.6 is 0 Å². The predicted molar refractivity (Wildman–Crippen MR) is 137 cm³/mol. The van der Waals surface area contributed by atoms with Crippen molar-refractivity contribution in [3.8, 4) is 0 Å². The van der Waals surface area contributed by atoms with E-state index in [0.717, 1.165) is 43.6 Å². The minimum atomic E-state index is -0.726. The van der Waals surface area contributed by atoms with E-state index in [1.807, 2.05) is 0 Å². The number of aryl methyl sites for hydroxylation is 1. The van der Waals surface area contributed by atoms with Crippen molar-refractivity contribution >= 4 is 5.97 Å². The van der Waals surface area contributed by atoms with Crippen molar-refractivity contribution in [3.63, 3.8) is 0 Å². The van der Waals surface area contributed by atoms with Crippen LogP contribution in [-0.2, 0) is 16.6 Å². The molecule has 2 heteroatoms. The van der Waals surface area contributed by atoms with Crippen LogP contribution in [0.15, 0.2) is 48.5 Å². The minimum Gasteiger partial charge on any atom is -0.481 e. The Bertz CT molecular complexity index is 880. The molecule has 2 aliphatic carbocycles. The van der Waals surface area contributed by atoms with Gasteiger partial charge in [0.15, 0.2) is 0 Å². The first-order valence-corrected chi connectivity index (χ1v) is 13.5. The van der Waals surface area contributed by atoms with Gasteiger partial charge in [0.1, 0.15) is 0 Å². The van der Waals surface area contributed by atoms with Crippen molar-refractivity contribution in [1.82, 2.24) is 0 Å². The van der Waals surface area contributed by atoms with Gasteiger partial charge in [-0.05, 0) is 97.8 Å². The maximum atomic E-state index is 12.5. The van der Waals surface area contributed by atoms with Gasteiger partial charge in [0, 0.05) is 0 Å². The Hall–Kier alpha value is -2.09. The molecule has 2 aromatic rings. The average molecular weight is 447 g/mol. The molecule has 178 valence electrons. The van der Waals surface area contributed by atoms with Crippen LogP contribution < -0.4 is 0 Å². The molecule has 4 rings (SSSR count). The largest absolute Gasteiger partial charge is 0.481 e. The van der Waals surface area contributed by atoms with Gasteiger partial charge in [-0.25, -0.2) is 0 Å². The molecular weight excluding hydrogens is 404 g/mol. The Morgan fingerprint density at radius 1 is 0.788 bits per heavy atom. The standard InChI is InChI=1S/C31H42O2/c1-3-5-23-7-11-25(12-8-23)27-15-17-29(18-16-27)31(30(32)33)21-19-28(20-22-31)26-13-9-24(6-4-2)10-14-26/h9-10,13-18,23,25,28H,3-8,11-12,19-22H2,1-2H3,(H,32,33). The van der Waals surface area contributed by atoms with Crippen LogP contribution in [0.2, 0.25) is 0 Å². The molecular formula is C31H42O2. The Morgan fingerprint density at radius 3 is 1.85 bits per heavy atom. The minimum absolute atomic E-state index is 0.478. The third kappa shape index (κ3) is 5.36. The fourth-order valence-electron chi connectivity index (χ4n) is 6.58. The maximum Gasteiger partial charge on any atom is 0.314 e. The molecule has 0 saturated heterocycles. The number of carboxylic acids is 1. The second-order valence-electron chi connectivity index (χ2n) is 10.8. The monoisotopic (exact) mass is 446 g/mol. The van der Waals surface area contributed by atoms with Crippen molar-refractivity contribution in [1.29, 1.82) is 0 Å². The lowest BCUT2D eigenvalue weighted by Crippen LogP contribution is -2.39. The number of rotatable bonds is 8. The van der Waals surface area contributed by atoms with E-state index in [2.05, 4.69) is 62.4 Å². The Morgan fingerprint density at radius 2 is 1.33 bits per heavy atom. The van der Waals surface area contributed by atoms with Crippen molar-refractivity contribution < 1.29 is 9.90 Å². The molecule has 33 heavy (non-hydrogen) atoms. The summed E-state index contributed by atoms with van der Waals surface area (Å²) in [5, 5.41) is 10.3. The Labute approximate surface area is 200 Å². The normalized spacial score (nSPS) is 27.9. The first-order valence-electron chi connectivity index (χ1n) is 13.5. The lowest BCUT2D eigenvalue weighted by Gasteiger charge is -2.38. The van der Waals surface area contributed by atoms with Crippen LogP contribution in [0, 0.1) is 5.92 Å². The van der Waals surface area contributed by atoms with Crippen molar-refractivity contribution in [2.75, 3.05) is 0 Å². The number of hydrogen-bond donors (Lipinski definition) is 1. The van der Waals surface area contributed by atoms with E-state index in [1.165, 1.54) is 61.6 Å². The zero-order valence-corrected chi connectivity index (χ0v) is 20.7. The molecule has 0 amide bonds. The fraction of sp³-hybridized carbons (Fsp3) is 0.581. The van der Waals surface area contributed by atoms with Crippen LogP contribution in [0.4, 0.5) is 0 Å². The summed E-state index contributed by atoms with van der Waals surface area (Å²) in [5.74, 6) is 1.40. The van der Waals surface area contributed by atoms with Crippen LogP contribution in [-0.4, -0.2) is 11.1 Å². The maximum absolute atomic E-state index is 12.5. The highest BCUT2D eigenvalue weighted by molar-refractivity contribution is 5.81. The van der Waals surface area contributed by atoms with Gasteiger partial charge in [0.2, 0.25) is 0 Å². The molecule has 2 fully saturated rings. The van der Waals surface area contributed by atoms with Gasteiger partial charge in [-0.2, -0.15) is 0 Å². The number of benzene rings is 2. The van der Waals surface area contributed by atoms with Gasteiger partial charge in [-0.1, -0.05) is 81.6 Å². The molecule has 0 radical (unpaired) electrons. The smallest absolute Gasteiger partial charge is 0.314 e. The molecule has 2 saturated carbocycles. The lowest BCUT2D eigenvalue weighted by atomic mass is 9.65. The third-order valence-corrected chi connectivity index (χ3v) is 8.72. The highest BCUT2D eigenvalue weighted by Crippen LogP contribution is 2.46. The summed E-state index contributed by atoms with van der Waals surface area (Å²) >= 11 is 0. The van der Waals surface area contributed by atoms with E-state index in [1.54, 1.807) is 0 Å². The van der Waals surface area contributed by atoms with Crippen molar-refractivity contribution in [2.24, 2.45) is 5.92 Å². The molecule has 2 aromatic carbocycles. The average Bonchev–Trinajstić information content (AvgIpc) is 2.85. The lowest BCUT2D eigenvalue weighted by molar-refractivity contribution is -0.145. The summed E-state index contributed by atoms with van der Waals surface area (Å²) in [6.07, 6.45) is 13.6. The van der Waals surface area contributed by atoms with E-state index in [4.69, 9.17) is 0 Å². The molecule has 0 spiro atoms. The molecule has 2 nitrogen and oxygen atoms in total. The molecule has 0 aliphatic heterocycles.